The molecule has 3 saturated heterocycles. The van der Waals surface area contributed by atoms with Gasteiger partial charge in [-0.25, -0.2) is 13.4 Å². The first kappa shape index (κ1) is 24.6. The summed E-state index contributed by atoms with van der Waals surface area (Å²) in [5.74, 6) is 0. The highest BCUT2D eigenvalue weighted by Gasteiger charge is 2.38. The molecule has 4 heterocycles. The number of likely N-dealkylation sites (N-methyl/N-ethyl adjacent to an activating group) is 1. The number of hydrogen-bond acceptors (Lipinski definition) is 8. The van der Waals surface area contributed by atoms with Crippen LogP contribution < -0.4 is 4.90 Å². The number of anilines is 1. The van der Waals surface area contributed by atoms with E-state index in [9.17, 15) is 8.42 Å². The van der Waals surface area contributed by atoms with Crippen LogP contribution in [-0.4, -0.2) is 87.9 Å². The monoisotopic (exact) mass is 533 g/mol. The highest BCUT2D eigenvalue weighted by Crippen LogP contribution is 2.34. The molecular formula is C24H30ClN6O2S2+. The lowest BCUT2D eigenvalue weighted by Crippen LogP contribution is -2.68. The van der Waals surface area contributed by atoms with Gasteiger partial charge < -0.3 is 9.38 Å². The average Bonchev–Trinajstić information content (AvgIpc) is 3.27. The SMILES string of the molecule is CCN(CC[N+]12CCN(CC1)CC2)c1ccc(N=Nc2nc3ccc(S(C)(=O)=O)cc3s2)c(Cl)c1. The van der Waals surface area contributed by atoms with Crippen molar-refractivity contribution in [3.63, 3.8) is 0 Å². The zero-order valence-corrected chi connectivity index (χ0v) is 22.4. The van der Waals surface area contributed by atoms with Crippen molar-refractivity contribution in [2.24, 2.45) is 10.2 Å². The van der Waals surface area contributed by atoms with E-state index in [2.05, 4.69) is 38.0 Å². The molecule has 186 valence electrons. The smallest absolute Gasteiger partial charge is 0.231 e. The second-order valence-corrected chi connectivity index (χ2v) is 12.8. The number of benzene rings is 2. The van der Waals surface area contributed by atoms with Crippen molar-refractivity contribution in [3.8, 4) is 0 Å². The van der Waals surface area contributed by atoms with E-state index in [1.165, 1.54) is 67.9 Å². The molecule has 2 aromatic carbocycles. The van der Waals surface area contributed by atoms with Crippen molar-refractivity contribution < 1.29 is 12.9 Å². The van der Waals surface area contributed by atoms with Gasteiger partial charge in [0.15, 0.2) is 9.84 Å². The van der Waals surface area contributed by atoms with Crippen molar-refractivity contribution in [1.29, 1.82) is 0 Å². The number of piperazine rings is 3. The first-order chi connectivity index (χ1) is 16.7. The van der Waals surface area contributed by atoms with E-state index in [1.807, 2.05) is 12.1 Å². The van der Waals surface area contributed by atoms with Crippen molar-refractivity contribution in [2.45, 2.75) is 11.8 Å². The Morgan fingerprint density at radius 1 is 1.11 bits per heavy atom. The molecular weight excluding hydrogens is 504 g/mol. The Kier molecular flexibility index (Phi) is 6.84. The van der Waals surface area contributed by atoms with Gasteiger partial charge in [-0.05, 0) is 43.3 Å². The molecule has 0 radical (unpaired) electrons. The number of halogens is 1. The summed E-state index contributed by atoms with van der Waals surface area (Å²) in [6.45, 7) is 12.7. The lowest BCUT2D eigenvalue weighted by atomic mass is 10.1. The fourth-order valence-corrected chi connectivity index (χ4v) is 6.67. The third-order valence-corrected chi connectivity index (χ3v) is 9.53. The number of nitrogens with zero attached hydrogens (tertiary/aromatic N) is 6. The van der Waals surface area contributed by atoms with Crippen molar-refractivity contribution in [1.82, 2.24) is 9.88 Å². The van der Waals surface area contributed by atoms with Crippen molar-refractivity contribution >= 4 is 59.5 Å². The normalized spacial score (nSPS) is 22.3. The van der Waals surface area contributed by atoms with Crippen LogP contribution in [0.25, 0.3) is 10.2 Å². The van der Waals surface area contributed by atoms with Crippen LogP contribution >= 0.6 is 22.9 Å². The number of sulfone groups is 1. The summed E-state index contributed by atoms with van der Waals surface area (Å²) in [6.07, 6.45) is 1.19. The van der Waals surface area contributed by atoms with Gasteiger partial charge in [-0.2, -0.15) is 0 Å². The third-order valence-electron chi connectivity index (χ3n) is 7.21. The average molecular weight is 534 g/mol. The van der Waals surface area contributed by atoms with Crippen LogP contribution in [0.3, 0.4) is 0 Å². The van der Waals surface area contributed by atoms with Gasteiger partial charge in [-0.15, -0.1) is 10.2 Å². The molecule has 3 fully saturated rings. The maximum Gasteiger partial charge on any atom is 0.231 e. The van der Waals surface area contributed by atoms with Gasteiger partial charge in [-0.1, -0.05) is 22.9 Å². The van der Waals surface area contributed by atoms with Crippen LogP contribution in [0, 0.1) is 0 Å². The van der Waals surface area contributed by atoms with E-state index in [1.54, 1.807) is 18.2 Å². The fourth-order valence-electron chi connectivity index (χ4n) is 4.91. The molecule has 3 aromatic rings. The number of thiazole rings is 1. The summed E-state index contributed by atoms with van der Waals surface area (Å²) in [5.41, 5.74) is 2.37. The molecule has 0 spiro atoms. The van der Waals surface area contributed by atoms with Gasteiger partial charge in [0.05, 0.1) is 52.9 Å². The second kappa shape index (κ2) is 9.74. The Bertz CT molecular complexity index is 1350. The van der Waals surface area contributed by atoms with Crippen LogP contribution in [0.4, 0.5) is 16.5 Å². The van der Waals surface area contributed by atoms with Gasteiger partial charge in [0.25, 0.3) is 0 Å². The Labute approximate surface area is 215 Å². The standard InChI is InChI=1S/C24H30ClN6O2S2/c1-3-30(11-15-31-12-8-29(9-13-31)10-14-31)18-4-6-21(20(25)16-18)27-28-24-26-22-7-5-19(35(2,32)33)17-23(22)34-24/h4-7,16-17H,3,8-15H2,1-2H3/q+1. The Morgan fingerprint density at radius 3 is 2.51 bits per heavy atom. The van der Waals surface area contributed by atoms with E-state index < -0.39 is 9.84 Å². The van der Waals surface area contributed by atoms with Gasteiger partial charge in [0, 0.05) is 38.1 Å². The number of azo groups is 1. The minimum atomic E-state index is -3.27. The van der Waals surface area contributed by atoms with E-state index in [-0.39, 0.29) is 4.90 Å². The molecule has 6 rings (SSSR count). The molecule has 8 nitrogen and oxygen atoms in total. The minimum absolute atomic E-state index is 0.267. The van der Waals surface area contributed by atoms with Crippen molar-refractivity contribution in [2.75, 3.05) is 70.1 Å². The van der Waals surface area contributed by atoms with Crippen LogP contribution in [-0.2, 0) is 9.84 Å². The summed E-state index contributed by atoms with van der Waals surface area (Å²) >= 11 is 7.88. The first-order valence-electron chi connectivity index (χ1n) is 11.9. The Morgan fingerprint density at radius 2 is 1.86 bits per heavy atom. The molecule has 0 unspecified atom stereocenters. The number of quaternary nitrogens is 1. The lowest BCUT2D eigenvalue weighted by molar-refractivity contribution is -0.939. The van der Waals surface area contributed by atoms with Crippen LogP contribution in [0.5, 0.6) is 0 Å². The molecule has 3 aliphatic rings. The zero-order chi connectivity index (χ0) is 24.6. The van der Waals surface area contributed by atoms with E-state index in [0.29, 0.717) is 21.4 Å². The molecule has 0 aliphatic carbocycles. The molecule has 35 heavy (non-hydrogen) atoms. The predicted octanol–water partition coefficient (Wildman–Crippen LogP) is 4.74. The molecule has 0 N–H and O–H groups in total. The molecule has 2 bridgehead atoms. The highest BCUT2D eigenvalue weighted by molar-refractivity contribution is 7.90. The van der Waals surface area contributed by atoms with Gasteiger partial charge >= 0.3 is 0 Å². The number of aromatic nitrogens is 1. The maximum atomic E-state index is 11.8. The summed E-state index contributed by atoms with van der Waals surface area (Å²) < 4.78 is 25.6. The van der Waals surface area contributed by atoms with E-state index >= 15 is 0 Å². The van der Waals surface area contributed by atoms with Gasteiger partial charge in [0.2, 0.25) is 5.13 Å². The molecule has 1 aromatic heterocycles. The summed E-state index contributed by atoms with van der Waals surface area (Å²) in [4.78, 5) is 9.66. The topological polar surface area (TPSA) is 78.2 Å². The van der Waals surface area contributed by atoms with Crippen LogP contribution in [0.2, 0.25) is 5.02 Å². The second-order valence-electron chi connectivity index (χ2n) is 9.39. The zero-order valence-electron chi connectivity index (χ0n) is 20.0. The highest BCUT2D eigenvalue weighted by atomic mass is 35.5. The van der Waals surface area contributed by atoms with E-state index in [4.69, 9.17) is 11.6 Å². The Balaban J connectivity index is 1.28. The third kappa shape index (κ3) is 5.36. The van der Waals surface area contributed by atoms with Crippen LogP contribution in [0.1, 0.15) is 6.92 Å². The molecule has 11 heteroatoms. The summed E-state index contributed by atoms with van der Waals surface area (Å²) in [7, 11) is -3.27. The summed E-state index contributed by atoms with van der Waals surface area (Å²) in [6, 6.07) is 10.8. The molecule has 0 saturated carbocycles. The molecule has 0 amide bonds. The summed E-state index contributed by atoms with van der Waals surface area (Å²) in [5, 5.41) is 9.58. The fraction of sp³-hybridized carbons (Fsp3) is 0.458. The Hall–Kier alpha value is -2.11. The van der Waals surface area contributed by atoms with E-state index in [0.717, 1.165) is 23.5 Å². The maximum absolute atomic E-state index is 11.8. The first-order valence-corrected chi connectivity index (χ1v) is 15.0. The number of hydrogen-bond donors (Lipinski definition) is 0. The quantitative estimate of drug-likeness (QED) is 0.309. The largest absolute Gasteiger partial charge is 0.366 e. The van der Waals surface area contributed by atoms with Gasteiger partial charge in [-0.3, -0.25) is 4.90 Å². The van der Waals surface area contributed by atoms with Gasteiger partial charge in [0.1, 0.15) is 5.69 Å². The molecule has 3 aliphatic heterocycles. The van der Waals surface area contributed by atoms with Crippen molar-refractivity contribution in [3.05, 3.63) is 41.4 Å². The predicted molar refractivity (Wildman–Crippen MR) is 142 cm³/mol. The number of rotatable bonds is 8. The number of fused-ring (bicyclic) bond motifs is 4. The minimum Gasteiger partial charge on any atom is -0.366 e. The van der Waals surface area contributed by atoms with Crippen LogP contribution in [0.15, 0.2) is 51.5 Å². The molecule has 0 atom stereocenters. The lowest BCUT2D eigenvalue weighted by Gasteiger charge is -2.51.